The largest absolute Gasteiger partial charge is 0.366 e. The van der Waals surface area contributed by atoms with Gasteiger partial charge >= 0.3 is 0 Å². The van der Waals surface area contributed by atoms with E-state index in [9.17, 15) is 0 Å². The van der Waals surface area contributed by atoms with Crippen LogP contribution < -0.4 is 0 Å². The van der Waals surface area contributed by atoms with Gasteiger partial charge in [0.2, 0.25) is 0 Å². The fourth-order valence-electron chi connectivity index (χ4n) is 2.23. The highest BCUT2D eigenvalue weighted by molar-refractivity contribution is 5.24. The van der Waals surface area contributed by atoms with Crippen molar-refractivity contribution in [3.05, 3.63) is 35.4 Å². The summed E-state index contributed by atoms with van der Waals surface area (Å²) in [7, 11) is 0. The first kappa shape index (κ1) is 15.5. The molecule has 1 saturated heterocycles. The molecule has 0 saturated carbocycles. The molecule has 0 spiro atoms. The number of hydrogen-bond acceptors (Lipinski definition) is 3. The third kappa shape index (κ3) is 3.81. The molecule has 0 aliphatic carbocycles. The fraction of sp³-hybridized carbons (Fsp3) is 0.647. The molecule has 1 aliphatic rings. The maximum Gasteiger partial charge on any atom is 0.160 e. The summed E-state index contributed by atoms with van der Waals surface area (Å²) in [5, 5.41) is 0. The second-order valence-electron chi connectivity index (χ2n) is 6.04. The van der Waals surface area contributed by atoms with Crippen molar-refractivity contribution in [3.63, 3.8) is 0 Å². The average Bonchev–Trinajstić information content (AvgIpc) is 2.46. The van der Waals surface area contributed by atoms with E-state index in [4.69, 9.17) is 14.2 Å². The summed E-state index contributed by atoms with van der Waals surface area (Å²) in [5.74, 6) is 0.427. The normalized spacial score (nSPS) is 28.3. The monoisotopic (exact) mass is 278 g/mol. The molecular weight excluding hydrogens is 252 g/mol. The lowest BCUT2D eigenvalue weighted by molar-refractivity contribution is -0.277. The predicted molar refractivity (Wildman–Crippen MR) is 79.5 cm³/mol. The summed E-state index contributed by atoms with van der Waals surface area (Å²) in [6, 6.07) is 8.30. The maximum absolute atomic E-state index is 6.05. The Hall–Kier alpha value is -0.900. The molecule has 1 aromatic carbocycles. The molecule has 0 amide bonds. The zero-order valence-electron chi connectivity index (χ0n) is 13.0. The van der Waals surface area contributed by atoms with Crippen LogP contribution in [-0.4, -0.2) is 25.1 Å². The van der Waals surface area contributed by atoms with Crippen molar-refractivity contribution in [3.8, 4) is 0 Å². The molecule has 1 aromatic rings. The molecule has 3 nitrogen and oxygen atoms in total. The van der Waals surface area contributed by atoms with Crippen LogP contribution in [0.15, 0.2) is 24.3 Å². The molecule has 0 N–H and O–H groups in total. The van der Waals surface area contributed by atoms with E-state index in [-0.39, 0.29) is 11.9 Å². The average molecular weight is 278 g/mol. The minimum Gasteiger partial charge on any atom is -0.366 e. The molecule has 112 valence electrons. The van der Waals surface area contributed by atoms with E-state index in [0.29, 0.717) is 25.7 Å². The second-order valence-corrected chi connectivity index (χ2v) is 6.04. The first-order valence-electron chi connectivity index (χ1n) is 7.46. The van der Waals surface area contributed by atoms with Gasteiger partial charge in [-0.3, -0.25) is 0 Å². The Morgan fingerprint density at radius 1 is 1.30 bits per heavy atom. The molecule has 1 atom stereocenters. The Labute approximate surface area is 122 Å². The molecule has 1 fully saturated rings. The zero-order valence-corrected chi connectivity index (χ0v) is 13.0. The van der Waals surface area contributed by atoms with E-state index < -0.39 is 0 Å². The summed E-state index contributed by atoms with van der Waals surface area (Å²) >= 11 is 0. The van der Waals surface area contributed by atoms with Gasteiger partial charge in [0, 0.05) is 5.92 Å². The van der Waals surface area contributed by atoms with Gasteiger partial charge in [-0.2, -0.15) is 0 Å². The third-order valence-corrected chi connectivity index (χ3v) is 4.05. The van der Waals surface area contributed by atoms with Crippen LogP contribution in [0.4, 0.5) is 0 Å². The Balaban J connectivity index is 1.86. The van der Waals surface area contributed by atoms with Crippen molar-refractivity contribution in [2.24, 2.45) is 5.92 Å². The fourth-order valence-corrected chi connectivity index (χ4v) is 2.23. The van der Waals surface area contributed by atoms with Crippen molar-refractivity contribution < 1.29 is 14.2 Å². The summed E-state index contributed by atoms with van der Waals surface area (Å²) < 4.78 is 17.7. The lowest BCUT2D eigenvalue weighted by Crippen LogP contribution is -2.48. The van der Waals surface area contributed by atoms with Crippen LogP contribution in [0.5, 0.6) is 0 Å². The maximum atomic E-state index is 6.05. The molecule has 0 radical (unpaired) electrons. The second kappa shape index (κ2) is 6.70. The van der Waals surface area contributed by atoms with Gasteiger partial charge in [-0.05, 0) is 31.4 Å². The molecule has 0 bridgehead atoms. The van der Waals surface area contributed by atoms with Crippen LogP contribution in [0, 0.1) is 12.8 Å². The number of hydrogen-bond donors (Lipinski definition) is 0. The van der Waals surface area contributed by atoms with E-state index in [0.717, 1.165) is 6.42 Å². The van der Waals surface area contributed by atoms with Crippen LogP contribution in [0.25, 0.3) is 0 Å². The van der Waals surface area contributed by atoms with Crippen LogP contribution in [0.2, 0.25) is 0 Å². The molecule has 1 unspecified atom stereocenters. The first-order chi connectivity index (χ1) is 9.54. The quantitative estimate of drug-likeness (QED) is 0.822. The van der Waals surface area contributed by atoms with Crippen LogP contribution in [-0.2, 0) is 20.8 Å². The van der Waals surface area contributed by atoms with Crippen molar-refractivity contribution in [2.45, 2.75) is 52.6 Å². The van der Waals surface area contributed by atoms with Gasteiger partial charge in [-0.25, -0.2) is 0 Å². The van der Waals surface area contributed by atoms with Crippen LogP contribution >= 0.6 is 0 Å². The number of benzene rings is 1. The summed E-state index contributed by atoms with van der Waals surface area (Å²) in [6.07, 6.45) is 0.973. The van der Waals surface area contributed by atoms with Gasteiger partial charge in [-0.1, -0.05) is 38.1 Å². The molecule has 1 heterocycles. The minimum atomic E-state index is -0.355. The highest BCUT2D eigenvalue weighted by Gasteiger charge is 2.35. The SMILES string of the molecule is CCC(C)[C@H]1OC[C@@](C)(OCc2ccccc2C)CO1. The van der Waals surface area contributed by atoms with E-state index in [2.05, 4.69) is 39.8 Å². The highest BCUT2D eigenvalue weighted by Crippen LogP contribution is 2.25. The molecule has 2 rings (SSSR count). The van der Waals surface area contributed by atoms with E-state index in [1.807, 2.05) is 12.1 Å². The van der Waals surface area contributed by atoms with Gasteiger partial charge in [-0.15, -0.1) is 0 Å². The summed E-state index contributed by atoms with van der Waals surface area (Å²) in [4.78, 5) is 0. The molecule has 1 aliphatic heterocycles. The van der Waals surface area contributed by atoms with Gasteiger partial charge in [0.05, 0.1) is 19.8 Å². The molecular formula is C17H26O3. The van der Waals surface area contributed by atoms with E-state index in [1.165, 1.54) is 11.1 Å². The van der Waals surface area contributed by atoms with E-state index >= 15 is 0 Å². The first-order valence-corrected chi connectivity index (χ1v) is 7.46. The smallest absolute Gasteiger partial charge is 0.160 e. The summed E-state index contributed by atoms with van der Waals surface area (Å²) in [6.45, 7) is 10.2. The predicted octanol–water partition coefficient (Wildman–Crippen LogP) is 3.69. The lowest BCUT2D eigenvalue weighted by atomic mass is 10.0. The van der Waals surface area contributed by atoms with Crippen molar-refractivity contribution in [1.82, 2.24) is 0 Å². The Bertz CT molecular complexity index is 422. The highest BCUT2D eigenvalue weighted by atomic mass is 16.7. The van der Waals surface area contributed by atoms with E-state index in [1.54, 1.807) is 0 Å². The zero-order chi connectivity index (χ0) is 14.6. The number of aryl methyl sites for hydroxylation is 1. The lowest BCUT2D eigenvalue weighted by Gasteiger charge is -2.39. The molecule has 20 heavy (non-hydrogen) atoms. The number of ether oxygens (including phenoxy) is 3. The summed E-state index contributed by atoms with van der Waals surface area (Å²) in [5.41, 5.74) is 2.12. The van der Waals surface area contributed by atoms with Crippen LogP contribution in [0.3, 0.4) is 0 Å². The molecule has 0 aromatic heterocycles. The van der Waals surface area contributed by atoms with Crippen molar-refractivity contribution >= 4 is 0 Å². The molecule has 3 heteroatoms. The van der Waals surface area contributed by atoms with Crippen molar-refractivity contribution in [1.29, 1.82) is 0 Å². The van der Waals surface area contributed by atoms with Gasteiger partial charge < -0.3 is 14.2 Å². The van der Waals surface area contributed by atoms with Crippen molar-refractivity contribution in [2.75, 3.05) is 13.2 Å². The van der Waals surface area contributed by atoms with Gasteiger partial charge in [0.1, 0.15) is 5.60 Å². The number of rotatable bonds is 5. The third-order valence-electron chi connectivity index (χ3n) is 4.05. The van der Waals surface area contributed by atoms with Gasteiger partial charge in [0.25, 0.3) is 0 Å². The van der Waals surface area contributed by atoms with Crippen LogP contribution in [0.1, 0.15) is 38.3 Å². The topological polar surface area (TPSA) is 27.7 Å². The minimum absolute atomic E-state index is 0.0878. The van der Waals surface area contributed by atoms with Gasteiger partial charge in [0.15, 0.2) is 6.29 Å². The standard InChI is InChI=1S/C17H26O3/c1-5-13(2)16-18-11-17(4,12-19-16)20-10-15-9-7-6-8-14(15)3/h6-9,13,16H,5,10-12H2,1-4H3/t13?,16-,17+. The Kier molecular flexibility index (Phi) is 5.19. The Morgan fingerprint density at radius 2 is 1.95 bits per heavy atom. The Morgan fingerprint density at radius 3 is 2.55 bits per heavy atom.